The van der Waals surface area contributed by atoms with E-state index in [0.717, 1.165) is 25.7 Å². The Labute approximate surface area is 150 Å². The highest BCUT2D eigenvalue weighted by atomic mass is 16.5. The summed E-state index contributed by atoms with van der Waals surface area (Å²) < 4.78 is 11.6. The van der Waals surface area contributed by atoms with E-state index in [0.29, 0.717) is 23.6 Å². The van der Waals surface area contributed by atoms with Crippen molar-refractivity contribution in [1.29, 1.82) is 5.26 Å². The minimum absolute atomic E-state index is 0.0765. The van der Waals surface area contributed by atoms with Gasteiger partial charge in [0.05, 0.1) is 17.4 Å². The maximum atomic E-state index is 12.8. The second-order valence-electron chi connectivity index (χ2n) is 6.84. The van der Waals surface area contributed by atoms with Crippen molar-refractivity contribution in [2.75, 3.05) is 11.9 Å². The molecule has 25 heavy (non-hydrogen) atoms. The molecule has 136 valence electrons. The fourth-order valence-corrected chi connectivity index (χ4v) is 2.68. The first kappa shape index (κ1) is 19.3. The smallest absolute Gasteiger partial charge is 0.256 e. The molecule has 1 amide bonds. The molecule has 1 aliphatic carbocycles. The Balaban J connectivity index is 2.15. The van der Waals surface area contributed by atoms with E-state index >= 15 is 0 Å². The maximum Gasteiger partial charge on any atom is 0.256 e. The molecule has 2 rings (SSSR count). The lowest BCUT2D eigenvalue weighted by atomic mass is 9.98. The number of nitrogens with one attached hydrogen (secondary N) is 1. The van der Waals surface area contributed by atoms with Gasteiger partial charge in [-0.3, -0.25) is 4.79 Å². The molecule has 1 aromatic carbocycles. The Kier molecular flexibility index (Phi) is 6.44. The van der Waals surface area contributed by atoms with E-state index < -0.39 is 5.60 Å². The van der Waals surface area contributed by atoms with Gasteiger partial charge < -0.3 is 14.8 Å². The van der Waals surface area contributed by atoms with Gasteiger partial charge in [-0.2, -0.15) is 5.26 Å². The summed E-state index contributed by atoms with van der Waals surface area (Å²) in [5.74, 6) is 0.698. The minimum atomic E-state index is -0.839. The fourth-order valence-electron chi connectivity index (χ4n) is 2.68. The predicted octanol–water partition coefficient (Wildman–Crippen LogP) is 4.27. The molecule has 1 aliphatic rings. The van der Waals surface area contributed by atoms with Crippen LogP contribution in [0.5, 0.6) is 5.75 Å². The Morgan fingerprint density at radius 3 is 2.72 bits per heavy atom. The van der Waals surface area contributed by atoms with Crippen LogP contribution in [0, 0.1) is 17.2 Å². The SMILES string of the molecule is CCCO[C@](C)(C(=O)Nc1ccc(O[C@H](C)CC)cc1C#N)C1CC1. The number of amides is 1. The average molecular weight is 344 g/mol. The van der Waals surface area contributed by atoms with E-state index in [4.69, 9.17) is 9.47 Å². The number of nitriles is 1. The molecule has 5 nitrogen and oxygen atoms in total. The molecule has 0 spiro atoms. The van der Waals surface area contributed by atoms with Gasteiger partial charge in [-0.1, -0.05) is 13.8 Å². The van der Waals surface area contributed by atoms with E-state index in [1.807, 2.05) is 27.7 Å². The summed E-state index contributed by atoms with van der Waals surface area (Å²) in [6, 6.07) is 7.31. The molecule has 1 aromatic rings. The van der Waals surface area contributed by atoms with Gasteiger partial charge in [0, 0.05) is 12.7 Å². The van der Waals surface area contributed by atoms with Crippen molar-refractivity contribution in [3.8, 4) is 11.8 Å². The van der Waals surface area contributed by atoms with E-state index in [9.17, 15) is 10.1 Å². The summed E-state index contributed by atoms with van der Waals surface area (Å²) in [6.45, 7) is 8.44. The van der Waals surface area contributed by atoms with Crippen LogP contribution < -0.4 is 10.1 Å². The van der Waals surface area contributed by atoms with Crippen molar-refractivity contribution in [3.05, 3.63) is 23.8 Å². The minimum Gasteiger partial charge on any atom is -0.491 e. The number of carbonyl (C=O) groups excluding carboxylic acids is 1. The Bertz CT molecular complexity index is 649. The lowest BCUT2D eigenvalue weighted by Crippen LogP contribution is -2.45. The maximum absolute atomic E-state index is 12.8. The molecule has 0 saturated heterocycles. The first-order chi connectivity index (χ1) is 11.9. The van der Waals surface area contributed by atoms with Crippen LogP contribution >= 0.6 is 0 Å². The van der Waals surface area contributed by atoms with Crippen LogP contribution in [0.1, 0.15) is 58.9 Å². The van der Waals surface area contributed by atoms with Crippen molar-refractivity contribution in [1.82, 2.24) is 0 Å². The first-order valence-corrected chi connectivity index (χ1v) is 9.10. The van der Waals surface area contributed by atoms with Crippen molar-refractivity contribution in [2.24, 2.45) is 5.92 Å². The van der Waals surface area contributed by atoms with Gasteiger partial charge in [0.1, 0.15) is 17.4 Å². The third-order valence-corrected chi connectivity index (χ3v) is 4.69. The Morgan fingerprint density at radius 2 is 2.16 bits per heavy atom. The standard InChI is InChI=1S/C20H28N2O3/c1-5-11-24-20(4,16-7-8-16)19(23)22-18-10-9-17(12-15(18)13-21)25-14(3)6-2/h9-10,12,14,16H,5-8,11H2,1-4H3,(H,22,23)/t14-,20+/m1/s1. The highest BCUT2D eigenvalue weighted by Crippen LogP contribution is 2.42. The number of anilines is 1. The van der Waals surface area contributed by atoms with Crippen LogP contribution in [0.15, 0.2) is 18.2 Å². The molecule has 0 radical (unpaired) electrons. The molecule has 0 heterocycles. The van der Waals surface area contributed by atoms with Crippen molar-refractivity contribution in [3.63, 3.8) is 0 Å². The zero-order chi connectivity index (χ0) is 18.4. The van der Waals surface area contributed by atoms with Gasteiger partial charge in [0.25, 0.3) is 5.91 Å². The molecule has 5 heteroatoms. The molecular formula is C20H28N2O3. The normalized spacial score (nSPS) is 17.2. The number of ether oxygens (including phenoxy) is 2. The summed E-state index contributed by atoms with van der Waals surface area (Å²) in [5.41, 5.74) is 0.0491. The monoisotopic (exact) mass is 344 g/mol. The molecule has 2 atom stereocenters. The zero-order valence-electron chi connectivity index (χ0n) is 15.6. The number of hydrogen-bond donors (Lipinski definition) is 1. The summed E-state index contributed by atoms with van der Waals surface area (Å²) in [6.07, 6.45) is 3.82. The van der Waals surface area contributed by atoms with Gasteiger partial charge in [-0.05, 0) is 57.6 Å². The van der Waals surface area contributed by atoms with E-state index in [1.54, 1.807) is 18.2 Å². The third-order valence-electron chi connectivity index (χ3n) is 4.69. The molecule has 0 bridgehead atoms. The third kappa shape index (κ3) is 4.73. The number of rotatable bonds is 9. The number of nitrogens with zero attached hydrogens (tertiary/aromatic N) is 1. The zero-order valence-corrected chi connectivity index (χ0v) is 15.6. The van der Waals surface area contributed by atoms with Gasteiger partial charge in [-0.25, -0.2) is 0 Å². The summed E-state index contributed by atoms with van der Waals surface area (Å²) in [7, 11) is 0. The fraction of sp³-hybridized carbons (Fsp3) is 0.600. The number of benzene rings is 1. The number of hydrogen-bond acceptors (Lipinski definition) is 4. The molecule has 1 N–H and O–H groups in total. The molecular weight excluding hydrogens is 316 g/mol. The van der Waals surface area contributed by atoms with Gasteiger partial charge in [0.15, 0.2) is 0 Å². The molecule has 0 aromatic heterocycles. The van der Waals surface area contributed by atoms with Crippen LogP contribution in [-0.2, 0) is 9.53 Å². The first-order valence-electron chi connectivity index (χ1n) is 9.10. The second-order valence-corrected chi connectivity index (χ2v) is 6.84. The van der Waals surface area contributed by atoms with E-state index in [1.165, 1.54) is 0 Å². The number of carbonyl (C=O) groups is 1. The van der Waals surface area contributed by atoms with Crippen LogP contribution in [-0.4, -0.2) is 24.2 Å². The van der Waals surface area contributed by atoms with Gasteiger partial charge >= 0.3 is 0 Å². The van der Waals surface area contributed by atoms with E-state index in [2.05, 4.69) is 11.4 Å². The Morgan fingerprint density at radius 1 is 1.44 bits per heavy atom. The quantitative estimate of drug-likeness (QED) is 0.726. The van der Waals surface area contributed by atoms with Crippen molar-refractivity contribution < 1.29 is 14.3 Å². The van der Waals surface area contributed by atoms with Crippen LogP contribution in [0.2, 0.25) is 0 Å². The lowest BCUT2D eigenvalue weighted by molar-refractivity contribution is -0.142. The largest absolute Gasteiger partial charge is 0.491 e. The predicted molar refractivity (Wildman–Crippen MR) is 97.5 cm³/mol. The van der Waals surface area contributed by atoms with E-state index in [-0.39, 0.29) is 17.9 Å². The summed E-state index contributed by atoms with van der Waals surface area (Å²) in [4.78, 5) is 12.8. The van der Waals surface area contributed by atoms with Crippen LogP contribution in [0.25, 0.3) is 0 Å². The van der Waals surface area contributed by atoms with Crippen molar-refractivity contribution >= 4 is 11.6 Å². The molecule has 0 unspecified atom stereocenters. The van der Waals surface area contributed by atoms with Crippen LogP contribution in [0.3, 0.4) is 0 Å². The molecule has 1 saturated carbocycles. The average Bonchev–Trinajstić information content (AvgIpc) is 3.46. The lowest BCUT2D eigenvalue weighted by Gasteiger charge is -2.29. The summed E-state index contributed by atoms with van der Waals surface area (Å²) in [5, 5.41) is 12.3. The highest BCUT2D eigenvalue weighted by molar-refractivity contribution is 5.98. The Hall–Kier alpha value is -2.06. The molecule has 0 aliphatic heterocycles. The second kappa shape index (κ2) is 8.35. The summed E-state index contributed by atoms with van der Waals surface area (Å²) >= 11 is 0. The van der Waals surface area contributed by atoms with Crippen molar-refractivity contribution in [2.45, 2.75) is 65.1 Å². The highest BCUT2D eigenvalue weighted by Gasteiger charge is 2.48. The topological polar surface area (TPSA) is 71.3 Å². The van der Waals surface area contributed by atoms with Crippen LogP contribution in [0.4, 0.5) is 5.69 Å². The van der Waals surface area contributed by atoms with Gasteiger partial charge in [-0.15, -0.1) is 0 Å². The molecule has 1 fully saturated rings. The van der Waals surface area contributed by atoms with Gasteiger partial charge in [0.2, 0.25) is 0 Å².